The third-order valence-corrected chi connectivity index (χ3v) is 3.97. The van der Waals surface area contributed by atoms with Crippen molar-refractivity contribution in [2.45, 2.75) is 25.2 Å². The molecule has 3 amide bonds. The summed E-state index contributed by atoms with van der Waals surface area (Å²) in [5, 5.41) is 4.49. The molecule has 2 aromatic rings. The Kier molecular flexibility index (Phi) is 3.87. The predicted molar refractivity (Wildman–Crippen MR) is 80.3 cm³/mol. The van der Waals surface area contributed by atoms with Crippen molar-refractivity contribution in [2.24, 2.45) is 11.5 Å². The van der Waals surface area contributed by atoms with Crippen molar-refractivity contribution < 1.29 is 18.8 Å². The lowest BCUT2D eigenvalue weighted by atomic mass is 10.2. The van der Waals surface area contributed by atoms with Crippen molar-refractivity contribution in [3.05, 3.63) is 24.2 Å². The van der Waals surface area contributed by atoms with E-state index in [-0.39, 0.29) is 25.2 Å². The maximum Gasteiger partial charge on any atom is 0.269 e. The van der Waals surface area contributed by atoms with E-state index >= 15 is 0 Å². The molecule has 0 radical (unpaired) electrons. The van der Waals surface area contributed by atoms with Crippen LogP contribution in [0.4, 0.5) is 4.39 Å². The molecule has 24 heavy (non-hydrogen) atoms. The molecule has 4 N–H and O–H groups in total. The molecule has 0 spiro atoms. The van der Waals surface area contributed by atoms with Crippen LogP contribution in [0.1, 0.15) is 16.9 Å². The van der Waals surface area contributed by atoms with E-state index in [1.165, 1.54) is 17.1 Å². The van der Waals surface area contributed by atoms with Gasteiger partial charge in [0.05, 0.1) is 18.3 Å². The minimum atomic E-state index is -1.30. The molecule has 0 aromatic carbocycles. The lowest BCUT2D eigenvalue weighted by molar-refractivity contribution is -0.137. The Morgan fingerprint density at radius 2 is 2.08 bits per heavy atom. The van der Waals surface area contributed by atoms with Crippen LogP contribution in [0.2, 0.25) is 0 Å². The number of nitrogens with two attached hydrogens (primary N) is 2. The first-order chi connectivity index (χ1) is 11.4. The largest absolute Gasteiger partial charge is 0.368 e. The van der Waals surface area contributed by atoms with E-state index in [0.717, 1.165) is 4.90 Å². The molecule has 2 atom stereocenters. The second kappa shape index (κ2) is 5.87. The number of primary amides is 2. The molecule has 0 aliphatic carbocycles. The Hall–Kier alpha value is -3.04. The van der Waals surface area contributed by atoms with Crippen LogP contribution in [0.25, 0.3) is 10.9 Å². The summed E-state index contributed by atoms with van der Waals surface area (Å²) in [4.78, 5) is 40.3. The number of fused-ring (bicyclic) bond motifs is 1. The molecule has 3 heterocycles. The molecular formula is C14H15FN6O3. The molecule has 10 heteroatoms. The maximum atomic E-state index is 13.6. The van der Waals surface area contributed by atoms with Crippen LogP contribution in [-0.4, -0.2) is 56.1 Å². The number of hydrogen-bond donors (Lipinski definition) is 2. The van der Waals surface area contributed by atoms with E-state index < -0.39 is 29.9 Å². The predicted octanol–water partition coefficient (Wildman–Crippen LogP) is -1.05. The zero-order valence-corrected chi connectivity index (χ0v) is 12.6. The van der Waals surface area contributed by atoms with E-state index in [1.54, 1.807) is 6.07 Å². The van der Waals surface area contributed by atoms with Crippen LogP contribution in [-0.2, 0) is 16.1 Å². The standard InChI is InChI=1S/C14H15FN6O3/c15-7-3-9(13(16)23)20(5-7)11(22)6-21-10-4-18-2-1-8(10)12(19-21)14(17)24/h1-2,4,7,9H,3,5-6H2,(H2,16,23)(H2,17,24)/t7-,9+/m1/s1. The van der Waals surface area contributed by atoms with Gasteiger partial charge in [0, 0.05) is 18.0 Å². The average molecular weight is 334 g/mol. The summed E-state index contributed by atoms with van der Waals surface area (Å²) < 4.78 is 14.8. The fourth-order valence-corrected chi connectivity index (χ4v) is 2.87. The van der Waals surface area contributed by atoms with Gasteiger partial charge in [-0.1, -0.05) is 0 Å². The van der Waals surface area contributed by atoms with Crippen LogP contribution in [0.15, 0.2) is 18.5 Å². The van der Waals surface area contributed by atoms with Crippen molar-refractivity contribution in [2.75, 3.05) is 6.54 Å². The first-order valence-corrected chi connectivity index (χ1v) is 7.21. The van der Waals surface area contributed by atoms with Crippen molar-refractivity contribution in [1.29, 1.82) is 0 Å². The highest BCUT2D eigenvalue weighted by Crippen LogP contribution is 2.22. The van der Waals surface area contributed by atoms with E-state index in [0.29, 0.717) is 10.9 Å². The van der Waals surface area contributed by atoms with Crippen LogP contribution < -0.4 is 11.5 Å². The molecular weight excluding hydrogens is 319 g/mol. The van der Waals surface area contributed by atoms with Gasteiger partial charge < -0.3 is 16.4 Å². The first kappa shape index (κ1) is 15.8. The fourth-order valence-electron chi connectivity index (χ4n) is 2.87. The smallest absolute Gasteiger partial charge is 0.269 e. The minimum absolute atomic E-state index is 0.0106. The SMILES string of the molecule is NC(=O)c1nn(CC(=O)N2C[C@H](F)C[C@H]2C(N)=O)c2cnccc12. The molecule has 126 valence electrons. The highest BCUT2D eigenvalue weighted by molar-refractivity contribution is 6.04. The lowest BCUT2D eigenvalue weighted by Gasteiger charge is -2.21. The summed E-state index contributed by atoms with van der Waals surface area (Å²) in [7, 11) is 0. The summed E-state index contributed by atoms with van der Waals surface area (Å²) in [6.45, 7) is -0.488. The van der Waals surface area contributed by atoms with E-state index in [4.69, 9.17) is 11.5 Å². The normalized spacial score (nSPS) is 20.5. The Bertz CT molecular complexity index is 835. The highest BCUT2D eigenvalue weighted by atomic mass is 19.1. The number of halogens is 1. The molecule has 1 saturated heterocycles. The van der Waals surface area contributed by atoms with Crippen LogP contribution in [0, 0.1) is 0 Å². The molecule has 0 saturated carbocycles. The van der Waals surface area contributed by atoms with Gasteiger partial charge in [0.25, 0.3) is 5.91 Å². The van der Waals surface area contributed by atoms with Gasteiger partial charge in [-0.25, -0.2) is 4.39 Å². The number of aromatic nitrogens is 3. The van der Waals surface area contributed by atoms with Gasteiger partial charge in [-0.15, -0.1) is 0 Å². The fraction of sp³-hybridized carbons (Fsp3) is 0.357. The Morgan fingerprint density at radius 1 is 1.33 bits per heavy atom. The molecule has 3 rings (SSSR count). The Morgan fingerprint density at radius 3 is 2.75 bits per heavy atom. The first-order valence-electron chi connectivity index (χ1n) is 7.21. The third kappa shape index (κ3) is 2.66. The average Bonchev–Trinajstić information content (AvgIpc) is 3.09. The van der Waals surface area contributed by atoms with Gasteiger partial charge in [0.2, 0.25) is 11.8 Å². The second-order valence-corrected chi connectivity index (χ2v) is 5.56. The Balaban J connectivity index is 1.91. The van der Waals surface area contributed by atoms with E-state index in [1.807, 2.05) is 0 Å². The quantitative estimate of drug-likeness (QED) is 0.735. The van der Waals surface area contributed by atoms with Gasteiger partial charge in [-0.05, 0) is 6.07 Å². The van der Waals surface area contributed by atoms with Gasteiger partial charge >= 0.3 is 0 Å². The van der Waals surface area contributed by atoms with Crippen LogP contribution >= 0.6 is 0 Å². The number of hydrogen-bond acceptors (Lipinski definition) is 5. The van der Waals surface area contributed by atoms with E-state index in [9.17, 15) is 18.8 Å². The summed E-state index contributed by atoms with van der Waals surface area (Å²) in [5.74, 6) is -2.02. The number of nitrogens with zero attached hydrogens (tertiary/aromatic N) is 4. The Labute approximate surface area is 135 Å². The van der Waals surface area contributed by atoms with Crippen molar-refractivity contribution >= 4 is 28.6 Å². The molecule has 0 bridgehead atoms. The van der Waals surface area contributed by atoms with Gasteiger partial charge in [-0.2, -0.15) is 5.10 Å². The number of amides is 3. The maximum absolute atomic E-state index is 13.6. The van der Waals surface area contributed by atoms with E-state index in [2.05, 4.69) is 10.1 Å². The summed E-state index contributed by atoms with van der Waals surface area (Å²) in [6.07, 6.45) is 1.49. The number of rotatable bonds is 4. The highest BCUT2D eigenvalue weighted by Gasteiger charge is 2.38. The topological polar surface area (TPSA) is 137 Å². The molecule has 1 aliphatic heterocycles. The summed E-state index contributed by atoms with van der Waals surface area (Å²) in [6, 6.07) is 0.575. The van der Waals surface area contributed by atoms with Crippen LogP contribution in [0.3, 0.4) is 0 Å². The molecule has 2 aromatic heterocycles. The number of pyridine rings is 1. The summed E-state index contributed by atoms with van der Waals surface area (Å²) >= 11 is 0. The molecule has 1 aliphatic rings. The van der Waals surface area contributed by atoms with Crippen molar-refractivity contribution in [1.82, 2.24) is 19.7 Å². The zero-order valence-electron chi connectivity index (χ0n) is 12.6. The van der Waals surface area contributed by atoms with Gasteiger partial charge in [0.15, 0.2) is 5.69 Å². The number of carbonyl (C=O) groups excluding carboxylic acids is 3. The third-order valence-electron chi connectivity index (χ3n) is 3.97. The molecule has 0 unspecified atom stereocenters. The molecule has 9 nitrogen and oxygen atoms in total. The van der Waals surface area contributed by atoms with Crippen LogP contribution in [0.5, 0.6) is 0 Å². The monoisotopic (exact) mass is 334 g/mol. The lowest BCUT2D eigenvalue weighted by Crippen LogP contribution is -2.45. The van der Waals surface area contributed by atoms with Crippen molar-refractivity contribution in [3.8, 4) is 0 Å². The van der Waals surface area contributed by atoms with Gasteiger partial charge in [0.1, 0.15) is 18.8 Å². The van der Waals surface area contributed by atoms with Crippen molar-refractivity contribution in [3.63, 3.8) is 0 Å². The number of alkyl halides is 1. The second-order valence-electron chi connectivity index (χ2n) is 5.56. The number of carbonyl (C=O) groups is 3. The summed E-state index contributed by atoms with van der Waals surface area (Å²) in [5.41, 5.74) is 11.0. The zero-order chi connectivity index (χ0) is 17.4. The van der Waals surface area contributed by atoms with Gasteiger partial charge in [-0.3, -0.25) is 24.0 Å². The minimum Gasteiger partial charge on any atom is -0.368 e. The number of likely N-dealkylation sites (tertiary alicyclic amines) is 1. The molecule has 1 fully saturated rings.